The molecule has 0 spiro atoms. The van der Waals surface area contributed by atoms with Gasteiger partial charge >= 0.3 is 0 Å². The van der Waals surface area contributed by atoms with Crippen molar-refractivity contribution >= 4 is 22.2 Å². The van der Waals surface area contributed by atoms with E-state index in [1.807, 2.05) is 48.1 Å². The lowest BCUT2D eigenvalue weighted by Gasteiger charge is -1.97. The summed E-state index contributed by atoms with van der Waals surface area (Å²) in [6, 6.07) is 9.90. The summed E-state index contributed by atoms with van der Waals surface area (Å²) in [5.74, 6) is 0. The summed E-state index contributed by atoms with van der Waals surface area (Å²) in [5, 5.41) is 0. The summed E-state index contributed by atoms with van der Waals surface area (Å²) >= 11 is 3.43. The number of hydrogen-bond donors (Lipinski definition) is 0. The molecule has 3 heteroatoms. The molecule has 0 unspecified atom stereocenters. The molecule has 0 bridgehead atoms. The maximum Gasteiger partial charge on any atom is 0.166 e. The average molecular weight is 264 g/mol. The fourth-order valence-electron chi connectivity index (χ4n) is 1.52. The Labute approximate surface area is 96.7 Å². The highest BCUT2D eigenvalue weighted by Gasteiger charge is 2.04. The van der Waals surface area contributed by atoms with E-state index < -0.39 is 0 Å². The van der Waals surface area contributed by atoms with Crippen molar-refractivity contribution in [2.75, 3.05) is 0 Å². The zero-order chi connectivity index (χ0) is 10.8. The number of benzene rings is 1. The van der Waals surface area contributed by atoms with E-state index in [-0.39, 0.29) is 0 Å². The molecule has 0 aliphatic rings. The van der Waals surface area contributed by atoms with Gasteiger partial charge in [-0.25, -0.2) is 0 Å². The van der Waals surface area contributed by atoms with Crippen molar-refractivity contribution in [3.63, 3.8) is 0 Å². The maximum atomic E-state index is 10.7. The molecule has 15 heavy (non-hydrogen) atoms. The number of halogens is 1. The molecular weight excluding hydrogens is 254 g/mol. The van der Waals surface area contributed by atoms with E-state index in [4.69, 9.17) is 0 Å². The first-order valence-electron chi connectivity index (χ1n) is 4.58. The van der Waals surface area contributed by atoms with Crippen LogP contribution in [0, 0.1) is 0 Å². The summed E-state index contributed by atoms with van der Waals surface area (Å²) in [7, 11) is 1.87. The van der Waals surface area contributed by atoms with E-state index in [0.29, 0.717) is 5.69 Å². The zero-order valence-electron chi connectivity index (χ0n) is 8.27. The van der Waals surface area contributed by atoms with Crippen LogP contribution in [-0.4, -0.2) is 10.9 Å². The quantitative estimate of drug-likeness (QED) is 0.763. The molecule has 0 radical (unpaired) electrons. The normalized spacial score (nSPS) is 10.3. The van der Waals surface area contributed by atoms with Gasteiger partial charge in [0.15, 0.2) is 6.29 Å². The highest BCUT2D eigenvalue weighted by atomic mass is 79.9. The smallest absolute Gasteiger partial charge is 0.166 e. The second-order valence-electron chi connectivity index (χ2n) is 3.39. The zero-order valence-corrected chi connectivity index (χ0v) is 9.86. The van der Waals surface area contributed by atoms with Gasteiger partial charge in [-0.1, -0.05) is 28.1 Å². The number of aryl methyl sites for hydroxylation is 1. The molecule has 0 atom stereocenters. The predicted molar refractivity (Wildman–Crippen MR) is 63.9 cm³/mol. The standard InChI is InChI=1S/C12H10BrNO/c1-14-7-10(6-12(14)8-15)9-3-2-4-11(13)5-9/h2-8H,1H3. The summed E-state index contributed by atoms with van der Waals surface area (Å²) in [4.78, 5) is 10.7. The summed E-state index contributed by atoms with van der Waals surface area (Å²) in [6.45, 7) is 0. The molecule has 0 amide bonds. The number of aldehydes is 1. The Balaban J connectivity index is 2.49. The van der Waals surface area contributed by atoms with Crippen molar-refractivity contribution in [1.29, 1.82) is 0 Å². The Bertz CT molecular complexity index is 502. The lowest BCUT2D eigenvalue weighted by atomic mass is 10.1. The van der Waals surface area contributed by atoms with Gasteiger partial charge in [-0.3, -0.25) is 4.79 Å². The second kappa shape index (κ2) is 4.03. The SMILES string of the molecule is Cn1cc(-c2cccc(Br)c2)cc1C=O. The monoisotopic (exact) mass is 263 g/mol. The molecule has 0 aliphatic heterocycles. The highest BCUT2D eigenvalue weighted by Crippen LogP contribution is 2.24. The first-order chi connectivity index (χ1) is 7.20. The fourth-order valence-corrected chi connectivity index (χ4v) is 1.92. The Hall–Kier alpha value is -1.35. The number of hydrogen-bond acceptors (Lipinski definition) is 1. The van der Waals surface area contributed by atoms with E-state index >= 15 is 0 Å². The van der Waals surface area contributed by atoms with Crippen molar-refractivity contribution in [2.24, 2.45) is 7.05 Å². The molecular formula is C12H10BrNO. The number of rotatable bonds is 2. The minimum atomic E-state index is 0.685. The molecule has 1 aromatic carbocycles. The minimum absolute atomic E-state index is 0.685. The molecule has 2 rings (SSSR count). The number of carbonyl (C=O) groups excluding carboxylic acids is 1. The number of aromatic nitrogens is 1. The summed E-state index contributed by atoms with van der Waals surface area (Å²) in [6.07, 6.45) is 2.81. The average Bonchev–Trinajstić information content (AvgIpc) is 2.60. The van der Waals surface area contributed by atoms with E-state index in [1.54, 1.807) is 0 Å². The van der Waals surface area contributed by atoms with Crippen LogP contribution in [0.3, 0.4) is 0 Å². The third kappa shape index (κ3) is 2.02. The first kappa shape index (κ1) is 10.2. The third-order valence-corrected chi connectivity index (χ3v) is 2.82. The van der Waals surface area contributed by atoms with Gasteiger partial charge in [0.25, 0.3) is 0 Å². The number of carbonyl (C=O) groups is 1. The molecule has 1 heterocycles. The molecule has 76 valence electrons. The Morgan fingerprint density at radius 3 is 2.67 bits per heavy atom. The summed E-state index contributed by atoms with van der Waals surface area (Å²) < 4.78 is 2.86. The van der Waals surface area contributed by atoms with Crippen molar-refractivity contribution < 1.29 is 4.79 Å². The fraction of sp³-hybridized carbons (Fsp3) is 0.0833. The Morgan fingerprint density at radius 2 is 2.07 bits per heavy atom. The van der Waals surface area contributed by atoms with Crippen LogP contribution in [0.1, 0.15) is 10.5 Å². The van der Waals surface area contributed by atoms with Crippen LogP contribution in [0.25, 0.3) is 11.1 Å². The lowest BCUT2D eigenvalue weighted by Crippen LogP contribution is -1.90. The van der Waals surface area contributed by atoms with Crippen LogP contribution >= 0.6 is 15.9 Å². The van der Waals surface area contributed by atoms with Crippen molar-refractivity contribution in [3.8, 4) is 11.1 Å². The summed E-state index contributed by atoms with van der Waals surface area (Å²) in [5.41, 5.74) is 2.85. The lowest BCUT2D eigenvalue weighted by molar-refractivity contribution is 0.111. The third-order valence-electron chi connectivity index (χ3n) is 2.32. The molecule has 1 aromatic heterocycles. The van der Waals surface area contributed by atoms with Crippen LogP contribution in [0.2, 0.25) is 0 Å². The van der Waals surface area contributed by atoms with Gasteiger partial charge in [0, 0.05) is 23.3 Å². The highest BCUT2D eigenvalue weighted by molar-refractivity contribution is 9.10. The van der Waals surface area contributed by atoms with Crippen molar-refractivity contribution in [1.82, 2.24) is 4.57 Å². The van der Waals surface area contributed by atoms with Crippen LogP contribution in [0.5, 0.6) is 0 Å². The van der Waals surface area contributed by atoms with Crippen LogP contribution in [-0.2, 0) is 7.05 Å². The van der Waals surface area contributed by atoms with Crippen LogP contribution in [0.4, 0.5) is 0 Å². The molecule has 0 N–H and O–H groups in total. The molecule has 0 saturated carbocycles. The molecule has 0 fully saturated rings. The minimum Gasteiger partial charge on any atom is -0.348 e. The predicted octanol–water partition coefficient (Wildman–Crippen LogP) is 3.27. The van der Waals surface area contributed by atoms with Gasteiger partial charge in [-0.15, -0.1) is 0 Å². The van der Waals surface area contributed by atoms with E-state index in [9.17, 15) is 4.79 Å². The first-order valence-corrected chi connectivity index (χ1v) is 5.37. The molecule has 2 aromatic rings. The Kier molecular flexibility index (Phi) is 2.73. The van der Waals surface area contributed by atoms with Gasteiger partial charge in [-0.2, -0.15) is 0 Å². The Morgan fingerprint density at radius 1 is 1.27 bits per heavy atom. The van der Waals surface area contributed by atoms with E-state index in [1.165, 1.54) is 0 Å². The van der Waals surface area contributed by atoms with Gasteiger partial charge in [0.1, 0.15) is 0 Å². The molecule has 0 saturated heterocycles. The van der Waals surface area contributed by atoms with Crippen molar-refractivity contribution in [2.45, 2.75) is 0 Å². The molecule has 0 aliphatic carbocycles. The second-order valence-corrected chi connectivity index (χ2v) is 4.31. The van der Waals surface area contributed by atoms with Crippen LogP contribution < -0.4 is 0 Å². The van der Waals surface area contributed by atoms with Gasteiger partial charge in [0.2, 0.25) is 0 Å². The van der Waals surface area contributed by atoms with E-state index in [0.717, 1.165) is 21.9 Å². The van der Waals surface area contributed by atoms with Crippen molar-refractivity contribution in [3.05, 3.63) is 46.7 Å². The van der Waals surface area contributed by atoms with E-state index in [2.05, 4.69) is 15.9 Å². The largest absolute Gasteiger partial charge is 0.348 e. The van der Waals surface area contributed by atoms with Gasteiger partial charge in [0.05, 0.1) is 5.69 Å². The van der Waals surface area contributed by atoms with Gasteiger partial charge < -0.3 is 4.57 Å². The van der Waals surface area contributed by atoms with Crippen LogP contribution in [0.15, 0.2) is 41.0 Å². The topological polar surface area (TPSA) is 22.0 Å². The maximum absolute atomic E-state index is 10.7. The molecule has 2 nitrogen and oxygen atoms in total. The number of nitrogens with zero attached hydrogens (tertiary/aromatic N) is 1. The van der Waals surface area contributed by atoms with Gasteiger partial charge in [-0.05, 0) is 23.8 Å².